The van der Waals surface area contributed by atoms with Gasteiger partial charge in [0.2, 0.25) is 5.91 Å². The Hall–Kier alpha value is -1.42. The molecule has 0 radical (unpaired) electrons. The monoisotopic (exact) mass is 238 g/mol. The summed E-state index contributed by atoms with van der Waals surface area (Å²) in [5.74, 6) is -0.0960. The molecule has 0 atom stereocenters. The van der Waals surface area contributed by atoms with E-state index in [4.69, 9.17) is 12.2 Å². The van der Waals surface area contributed by atoms with Gasteiger partial charge in [-0.05, 0) is 19.1 Å². The molecule has 2 N–H and O–H groups in total. The van der Waals surface area contributed by atoms with E-state index in [0.29, 0.717) is 4.99 Å². The lowest BCUT2D eigenvalue weighted by Crippen LogP contribution is -2.10. The van der Waals surface area contributed by atoms with Gasteiger partial charge in [0.1, 0.15) is 0 Å². The van der Waals surface area contributed by atoms with Gasteiger partial charge in [0.25, 0.3) is 0 Å². The van der Waals surface area contributed by atoms with Crippen molar-refractivity contribution in [1.29, 1.82) is 0 Å². The number of para-hydroxylation sites is 2. The summed E-state index contributed by atoms with van der Waals surface area (Å²) < 4.78 is 0. The van der Waals surface area contributed by atoms with Crippen LogP contribution in [-0.2, 0) is 4.79 Å². The van der Waals surface area contributed by atoms with E-state index in [1.54, 1.807) is 6.92 Å². The van der Waals surface area contributed by atoms with Crippen molar-refractivity contribution >= 4 is 34.5 Å². The number of anilines is 2. The number of carbonyl (C=O) groups excluding carboxylic acids is 1. The molecule has 0 saturated heterocycles. The Morgan fingerprint density at radius 3 is 1.88 bits per heavy atom. The lowest BCUT2D eigenvalue weighted by Gasteiger charge is -2.10. The fraction of sp³-hybridized carbons (Fsp3) is 0.333. The molecule has 1 aromatic carbocycles. The average molecular weight is 238 g/mol. The molecule has 16 heavy (non-hydrogen) atoms. The lowest BCUT2D eigenvalue weighted by molar-refractivity contribution is -0.114. The van der Waals surface area contributed by atoms with Crippen molar-refractivity contribution in [2.75, 3.05) is 10.6 Å². The summed E-state index contributed by atoms with van der Waals surface area (Å²) in [5, 5.41) is 5.71. The second-order valence-electron chi connectivity index (χ2n) is 2.91. The Labute approximate surface area is 102 Å². The van der Waals surface area contributed by atoms with E-state index >= 15 is 0 Å². The van der Waals surface area contributed by atoms with Crippen molar-refractivity contribution in [3.05, 3.63) is 24.3 Å². The molecule has 0 bridgehead atoms. The molecule has 1 rings (SSSR count). The zero-order valence-corrected chi connectivity index (χ0v) is 10.9. The van der Waals surface area contributed by atoms with Crippen molar-refractivity contribution in [3.8, 4) is 0 Å². The highest BCUT2D eigenvalue weighted by molar-refractivity contribution is 7.80. The summed E-state index contributed by atoms with van der Waals surface area (Å²) in [5.41, 5.74) is 1.56. The fourth-order valence-corrected chi connectivity index (χ4v) is 1.19. The van der Waals surface area contributed by atoms with Crippen LogP contribution in [0.15, 0.2) is 24.3 Å². The Balaban J connectivity index is 0.00000106. The Morgan fingerprint density at radius 2 is 1.50 bits per heavy atom. The van der Waals surface area contributed by atoms with Gasteiger partial charge in [-0.2, -0.15) is 0 Å². The van der Waals surface area contributed by atoms with Crippen LogP contribution in [0.3, 0.4) is 0 Å². The number of hydrogen-bond donors (Lipinski definition) is 2. The van der Waals surface area contributed by atoms with Crippen LogP contribution in [0.25, 0.3) is 0 Å². The highest BCUT2D eigenvalue weighted by Gasteiger charge is 2.02. The third kappa shape index (κ3) is 5.46. The van der Waals surface area contributed by atoms with Crippen LogP contribution in [0, 0.1) is 0 Å². The third-order valence-electron chi connectivity index (χ3n) is 1.55. The lowest BCUT2D eigenvalue weighted by atomic mass is 10.2. The SMILES string of the molecule is CC.CC(=O)Nc1ccccc1NC(C)=S. The van der Waals surface area contributed by atoms with Crippen LogP contribution < -0.4 is 10.6 Å². The molecule has 0 unspecified atom stereocenters. The molecule has 0 fully saturated rings. The summed E-state index contributed by atoms with van der Waals surface area (Å²) >= 11 is 4.93. The van der Waals surface area contributed by atoms with Crippen molar-refractivity contribution < 1.29 is 4.79 Å². The molecule has 3 nitrogen and oxygen atoms in total. The molecule has 1 aromatic rings. The number of hydrogen-bond acceptors (Lipinski definition) is 2. The van der Waals surface area contributed by atoms with Crippen molar-refractivity contribution in [3.63, 3.8) is 0 Å². The maximum Gasteiger partial charge on any atom is 0.221 e. The van der Waals surface area contributed by atoms with Gasteiger partial charge >= 0.3 is 0 Å². The summed E-state index contributed by atoms with van der Waals surface area (Å²) in [4.78, 5) is 11.5. The zero-order valence-electron chi connectivity index (χ0n) is 10.1. The summed E-state index contributed by atoms with van der Waals surface area (Å²) in [6, 6.07) is 7.42. The number of rotatable bonds is 2. The molecular formula is C12H18N2OS. The minimum absolute atomic E-state index is 0.0960. The van der Waals surface area contributed by atoms with E-state index < -0.39 is 0 Å². The fourth-order valence-electron chi connectivity index (χ4n) is 1.08. The first-order valence-electron chi connectivity index (χ1n) is 5.24. The van der Waals surface area contributed by atoms with Crippen LogP contribution in [0.2, 0.25) is 0 Å². The molecule has 0 aromatic heterocycles. The number of thiocarbonyl (C=S) groups is 1. The van der Waals surface area contributed by atoms with Crippen molar-refractivity contribution in [2.45, 2.75) is 27.7 Å². The Bertz CT molecular complexity index is 329. The quantitative estimate of drug-likeness (QED) is 0.776. The summed E-state index contributed by atoms with van der Waals surface area (Å²) in [7, 11) is 0. The predicted molar refractivity (Wildman–Crippen MR) is 74.0 cm³/mol. The molecular weight excluding hydrogens is 220 g/mol. The first-order valence-corrected chi connectivity index (χ1v) is 5.64. The van der Waals surface area contributed by atoms with E-state index in [1.807, 2.05) is 38.1 Å². The van der Waals surface area contributed by atoms with Crippen LogP contribution in [0.4, 0.5) is 11.4 Å². The Morgan fingerprint density at radius 1 is 1.06 bits per heavy atom. The van der Waals surface area contributed by atoms with E-state index in [1.165, 1.54) is 6.92 Å². The maximum atomic E-state index is 10.9. The number of nitrogens with one attached hydrogen (secondary N) is 2. The van der Waals surface area contributed by atoms with Crippen molar-refractivity contribution in [1.82, 2.24) is 0 Å². The van der Waals surface area contributed by atoms with Gasteiger partial charge in [-0.15, -0.1) is 0 Å². The van der Waals surface area contributed by atoms with Gasteiger partial charge in [0.15, 0.2) is 0 Å². The maximum absolute atomic E-state index is 10.9. The van der Waals surface area contributed by atoms with Crippen LogP contribution >= 0.6 is 12.2 Å². The highest BCUT2D eigenvalue weighted by Crippen LogP contribution is 2.20. The van der Waals surface area contributed by atoms with Gasteiger partial charge in [0, 0.05) is 6.92 Å². The molecule has 0 aliphatic rings. The van der Waals surface area contributed by atoms with Crippen LogP contribution in [0.1, 0.15) is 27.7 Å². The van der Waals surface area contributed by atoms with E-state index in [0.717, 1.165) is 11.4 Å². The second kappa shape index (κ2) is 7.82. The van der Waals surface area contributed by atoms with Crippen molar-refractivity contribution in [2.24, 2.45) is 0 Å². The van der Waals surface area contributed by atoms with Gasteiger partial charge < -0.3 is 10.6 Å². The standard InChI is InChI=1S/C10H12N2OS.C2H6/c1-7(13)11-9-5-3-4-6-10(9)12-8(2)14;1-2/h3-6H,1-2H3,(H,11,13)(H,12,14);1-2H3. The first kappa shape index (κ1) is 14.6. The molecule has 4 heteroatoms. The zero-order chi connectivity index (χ0) is 12.6. The summed E-state index contributed by atoms with van der Waals surface area (Å²) in [6.07, 6.45) is 0. The molecule has 0 spiro atoms. The average Bonchev–Trinajstić information content (AvgIpc) is 2.22. The predicted octanol–water partition coefficient (Wildman–Crippen LogP) is 3.43. The normalized spacial score (nSPS) is 8.50. The van der Waals surface area contributed by atoms with E-state index in [-0.39, 0.29) is 5.91 Å². The first-order chi connectivity index (χ1) is 7.59. The van der Waals surface area contributed by atoms with E-state index in [9.17, 15) is 4.79 Å². The minimum atomic E-state index is -0.0960. The van der Waals surface area contributed by atoms with Gasteiger partial charge in [-0.3, -0.25) is 4.79 Å². The number of carbonyl (C=O) groups is 1. The number of benzene rings is 1. The highest BCUT2D eigenvalue weighted by atomic mass is 32.1. The van der Waals surface area contributed by atoms with Crippen LogP contribution in [0.5, 0.6) is 0 Å². The molecule has 1 amide bonds. The third-order valence-corrected chi connectivity index (χ3v) is 1.65. The molecule has 0 aliphatic carbocycles. The molecule has 0 aliphatic heterocycles. The van der Waals surface area contributed by atoms with Crippen LogP contribution in [-0.4, -0.2) is 10.9 Å². The largest absolute Gasteiger partial charge is 0.349 e. The van der Waals surface area contributed by atoms with Gasteiger partial charge in [0.05, 0.1) is 16.4 Å². The number of amides is 1. The molecule has 88 valence electrons. The second-order valence-corrected chi connectivity index (χ2v) is 3.52. The van der Waals surface area contributed by atoms with E-state index in [2.05, 4.69) is 10.6 Å². The Kier molecular flexibility index (Phi) is 7.12. The summed E-state index contributed by atoms with van der Waals surface area (Å²) in [6.45, 7) is 7.26. The molecule has 0 saturated carbocycles. The molecule has 0 heterocycles. The minimum Gasteiger partial charge on any atom is -0.349 e. The topological polar surface area (TPSA) is 41.1 Å². The van der Waals surface area contributed by atoms with Gasteiger partial charge in [-0.1, -0.05) is 38.2 Å². The smallest absolute Gasteiger partial charge is 0.221 e. The van der Waals surface area contributed by atoms with Gasteiger partial charge in [-0.25, -0.2) is 0 Å².